The summed E-state index contributed by atoms with van der Waals surface area (Å²) >= 11 is 0. The van der Waals surface area contributed by atoms with Gasteiger partial charge in [0.2, 0.25) is 0 Å². The van der Waals surface area contributed by atoms with Crippen molar-refractivity contribution < 1.29 is 13.2 Å². The van der Waals surface area contributed by atoms with Crippen molar-refractivity contribution in [3.63, 3.8) is 0 Å². The van der Waals surface area contributed by atoms with Crippen LogP contribution in [-0.2, 0) is 16.3 Å². The molecule has 0 aliphatic carbocycles. The summed E-state index contributed by atoms with van der Waals surface area (Å²) in [5.41, 5.74) is 2.11. The van der Waals surface area contributed by atoms with Gasteiger partial charge in [-0.15, -0.1) is 0 Å². The van der Waals surface area contributed by atoms with Crippen LogP contribution < -0.4 is 10.6 Å². The summed E-state index contributed by atoms with van der Waals surface area (Å²) in [7, 11) is -3.09. The average Bonchev–Trinajstić information content (AvgIpc) is 2.55. The number of carbonyl (C=O) groups is 1. The van der Waals surface area contributed by atoms with Gasteiger partial charge in [-0.1, -0.05) is 60.7 Å². The van der Waals surface area contributed by atoms with E-state index in [2.05, 4.69) is 10.6 Å². The van der Waals surface area contributed by atoms with Gasteiger partial charge in [0.25, 0.3) is 0 Å². The molecule has 2 N–H and O–H groups in total. The molecule has 1 atom stereocenters. The Morgan fingerprint density at radius 1 is 1.00 bits per heavy atom. The van der Waals surface area contributed by atoms with Crippen molar-refractivity contribution in [2.24, 2.45) is 0 Å². The second-order valence-corrected chi connectivity index (χ2v) is 7.94. The molecular weight excluding hydrogens is 324 g/mol. The lowest BCUT2D eigenvalue weighted by Crippen LogP contribution is -2.40. The molecule has 0 bridgehead atoms. The minimum absolute atomic E-state index is 0.0743. The van der Waals surface area contributed by atoms with Crippen molar-refractivity contribution >= 4 is 15.9 Å². The molecule has 2 aromatic carbocycles. The predicted molar refractivity (Wildman–Crippen MR) is 95.6 cm³/mol. The number of carbonyl (C=O) groups excluding carboxylic acids is 1. The number of urea groups is 1. The Kier molecular flexibility index (Phi) is 6.37. The van der Waals surface area contributed by atoms with E-state index < -0.39 is 9.84 Å². The molecule has 2 rings (SSSR count). The fraction of sp³-hybridized carbons (Fsp3) is 0.278. The second kappa shape index (κ2) is 8.49. The van der Waals surface area contributed by atoms with E-state index in [9.17, 15) is 13.2 Å². The summed E-state index contributed by atoms with van der Waals surface area (Å²) in [6, 6.07) is 19.0. The van der Waals surface area contributed by atoms with E-state index in [-0.39, 0.29) is 24.4 Å². The number of hydrogen-bond acceptors (Lipinski definition) is 3. The van der Waals surface area contributed by atoms with E-state index in [0.717, 1.165) is 17.4 Å². The zero-order chi connectivity index (χ0) is 17.4. The second-order valence-electron chi connectivity index (χ2n) is 5.68. The van der Waals surface area contributed by atoms with Crippen LogP contribution in [0.15, 0.2) is 60.7 Å². The first-order chi connectivity index (χ1) is 11.4. The number of hydrogen-bond donors (Lipinski definition) is 2. The number of nitrogens with one attached hydrogen (secondary N) is 2. The quantitative estimate of drug-likeness (QED) is 0.808. The number of sulfone groups is 1. The van der Waals surface area contributed by atoms with E-state index in [1.165, 1.54) is 0 Å². The van der Waals surface area contributed by atoms with Crippen LogP contribution in [0.25, 0.3) is 0 Å². The molecule has 5 nitrogen and oxygen atoms in total. The van der Waals surface area contributed by atoms with Crippen molar-refractivity contribution in [3.05, 3.63) is 71.8 Å². The fourth-order valence-corrected chi connectivity index (χ4v) is 2.82. The third-order valence-corrected chi connectivity index (χ3v) is 4.49. The Morgan fingerprint density at radius 3 is 2.17 bits per heavy atom. The predicted octanol–water partition coefficient (Wildman–Crippen LogP) is 2.31. The molecular formula is C18H22N2O3S. The summed E-state index contributed by atoms with van der Waals surface area (Å²) in [5, 5.41) is 5.52. The van der Waals surface area contributed by atoms with Crippen molar-refractivity contribution in [1.82, 2.24) is 10.6 Å². The maximum atomic E-state index is 12.1. The largest absolute Gasteiger partial charge is 0.337 e. The van der Waals surface area contributed by atoms with Crippen LogP contribution in [0.2, 0.25) is 0 Å². The Morgan fingerprint density at radius 2 is 1.58 bits per heavy atom. The normalized spacial score (nSPS) is 12.4. The summed E-state index contributed by atoms with van der Waals surface area (Å²) < 4.78 is 22.3. The molecule has 0 spiro atoms. The van der Waals surface area contributed by atoms with Gasteiger partial charge in [0, 0.05) is 12.8 Å². The average molecular weight is 346 g/mol. The van der Waals surface area contributed by atoms with E-state index >= 15 is 0 Å². The number of amides is 2. The third-order valence-electron chi connectivity index (χ3n) is 3.55. The molecule has 0 radical (unpaired) electrons. The molecule has 6 heteroatoms. The van der Waals surface area contributed by atoms with E-state index in [1.54, 1.807) is 0 Å². The number of benzene rings is 2. The molecule has 0 saturated carbocycles. The summed E-state index contributed by atoms with van der Waals surface area (Å²) in [5.74, 6) is -0.0743. The highest BCUT2D eigenvalue weighted by Crippen LogP contribution is 2.18. The Bertz CT molecular complexity index is 746. The molecule has 0 saturated heterocycles. The lowest BCUT2D eigenvalue weighted by molar-refractivity contribution is 0.237. The topological polar surface area (TPSA) is 75.3 Å². The minimum Gasteiger partial charge on any atom is -0.337 e. The monoisotopic (exact) mass is 346 g/mol. The van der Waals surface area contributed by atoms with Gasteiger partial charge >= 0.3 is 6.03 Å². The van der Waals surface area contributed by atoms with Gasteiger partial charge in [0.05, 0.1) is 11.8 Å². The van der Waals surface area contributed by atoms with Gasteiger partial charge in [0.15, 0.2) is 0 Å². The molecule has 0 aliphatic rings. The van der Waals surface area contributed by atoms with Gasteiger partial charge < -0.3 is 10.6 Å². The zero-order valence-corrected chi connectivity index (χ0v) is 14.4. The number of rotatable bonds is 7. The van der Waals surface area contributed by atoms with Gasteiger partial charge in [-0.05, 0) is 17.5 Å². The van der Waals surface area contributed by atoms with Gasteiger partial charge in [-0.3, -0.25) is 0 Å². The molecule has 0 fully saturated rings. The maximum Gasteiger partial charge on any atom is 0.315 e. The first-order valence-corrected chi connectivity index (χ1v) is 9.81. The van der Waals surface area contributed by atoms with Crippen LogP contribution in [0.3, 0.4) is 0 Å². The first kappa shape index (κ1) is 18.0. The smallest absolute Gasteiger partial charge is 0.315 e. The summed E-state index contributed by atoms with van der Waals surface area (Å²) in [6.45, 7) is 0.0948. The highest BCUT2D eigenvalue weighted by atomic mass is 32.2. The van der Waals surface area contributed by atoms with E-state index in [0.29, 0.717) is 6.42 Å². The standard InChI is InChI=1S/C18H22N2O3S/c1-24(22,23)13-12-19-18(21)20-17(16-10-6-3-7-11-16)14-15-8-4-2-5-9-15/h2-11,17H,12-14H2,1H3,(H2,19,20,21). The summed E-state index contributed by atoms with van der Waals surface area (Å²) in [4.78, 5) is 12.1. The molecule has 128 valence electrons. The summed E-state index contributed by atoms with van der Waals surface area (Å²) in [6.07, 6.45) is 1.80. The van der Waals surface area contributed by atoms with Gasteiger partial charge in [0.1, 0.15) is 9.84 Å². The van der Waals surface area contributed by atoms with Gasteiger partial charge in [-0.2, -0.15) is 0 Å². The van der Waals surface area contributed by atoms with Crippen LogP contribution >= 0.6 is 0 Å². The molecule has 0 heterocycles. The first-order valence-electron chi connectivity index (χ1n) is 7.75. The highest BCUT2D eigenvalue weighted by molar-refractivity contribution is 7.90. The van der Waals surface area contributed by atoms with Crippen LogP contribution in [0.5, 0.6) is 0 Å². The SMILES string of the molecule is CS(=O)(=O)CCNC(=O)NC(Cc1ccccc1)c1ccccc1. The Hall–Kier alpha value is -2.34. The molecule has 24 heavy (non-hydrogen) atoms. The Labute approximate surface area is 143 Å². The molecule has 0 aromatic heterocycles. The van der Waals surface area contributed by atoms with Crippen molar-refractivity contribution in [3.8, 4) is 0 Å². The maximum absolute atomic E-state index is 12.1. The molecule has 0 aliphatic heterocycles. The zero-order valence-electron chi connectivity index (χ0n) is 13.6. The van der Waals surface area contributed by atoms with Gasteiger partial charge in [-0.25, -0.2) is 13.2 Å². The van der Waals surface area contributed by atoms with Crippen LogP contribution in [0.1, 0.15) is 17.2 Å². The Balaban J connectivity index is 2.02. The highest BCUT2D eigenvalue weighted by Gasteiger charge is 2.15. The molecule has 2 aromatic rings. The van der Waals surface area contributed by atoms with Crippen LogP contribution in [0.4, 0.5) is 4.79 Å². The van der Waals surface area contributed by atoms with Crippen LogP contribution in [0, 0.1) is 0 Å². The van der Waals surface area contributed by atoms with Crippen LogP contribution in [-0.4, -0.2) is 33.0 Å². The van der Waals surface area contributed by atoms with E-state index in [4.69, 9.17) is 0 Å². The third kappa shape index (κ3) is 6.42. The van der Waals surface area contributed by atoms with E-state index in [1.807, 2.05) is 60.7 Å². The minimum atomic E-state index is -3.09. The molecule has 1 unspecified atom stereocenters. The lowest BCUT2D eigenvalue weighted by Gasteiger charge is -2.20. The molecule has 2 amide bonds. The van der Waals surface area contributed by atoms with Crippen molar-refractivity contribution in [2.75, 3.05) is 18.6 Å². The lowest BCUT2D eigenvalue weighted by atomic mass is 9.99. The van der Waals surface area contributed by atoms with Crippen molar-refractivity contribution in [2.45, 2.75) is 12.5 Å². The fourth-order valence-electron chi connectivity index (χ4n) is 2.35. The van der Waals surface area contributed by atoms with Crippen molar-refractivity contribution in [1.29, 1.82) is 0 Å².